The van der Waals surface area contributed by atoms with Crippen molar-refractivity contribution in [1.29, 1.82) is 0 Å². The SMILES string of the molecule is NCCNc1c(C(N)=O)cnc2[nH]ccc12. The summed E-state index contributed by atoms with van der Waals surface area (Å²) in [4.78, 5) is 18.3. The molecule has 0 fully saturated rings. The number of hydrogen-bond donors (Lipinski definition) is 4. The number of rotatable bonds is 4. The number of hydrogen-bond acceptors (Lipinski definition) is 4. The maximum atomic E-state index is 11.3. The van der Waals surface area contributed by atoms with Crippen LogP contribution < -0.4 is 16.8 Å². The highest BCUT2D eigenvalue weighted by molar-refractivity contribution is 6.05. The lowest BCUT2D eigenvalue weighted by molar-refractivity contribution is 0.100. The molecule has 0 aromatic carbocycles. The van der Waals surface area contributed by atoms with Crippen LogP contribution in [0.1, 0.15) is 10.4 Å². The van der Waals surface area contributed by atoms with Crippen LogP contribution in [-0.4, -0.2) is 29.0 Å². The van der Waals surface area contributed by atoms with Gasteiger partial charge in [0.15, 0.2) is 0 Å². The van der Waals surface area contributed by atoms with Gasteiger partial charge in [-0.2, -0.15) is 0 Å². The summed E-state index contributed by atoms with van der Waals surface area (Å²) < 4.78 is 0. The van der Waals surface area contributed by atoms with Gasteiger partial charge in [0.2, 0.25) is 0 Å². The Kier molecular flexibility index (Phi) is 2.74. The van der Waals surface area contributed by atoms with Gasteiger partial charge in [-0.25, -0.2) is 4.98 Å². The van der Waals surface area contributed by atoms with Crippen molar-refractivity contribution >= 4 is 22.6 Å². The second kappa shape index (κ2) is 4.19. The number of aromatic amines is 1. The van der Waals surface area contributed by atoms with Crippen molar-refractivity contribution in [3.63, 3.8) is 0 Å². The number of nitrogens with one attached hydrogen (secondary N) is 2. The molecule has 0 aliphatic rings. The molecule has 0 saturated carbocycles. The molecule has 6 nitrogen and oxygen atoms in total. The van der Waals surface area contributed by atoms with E-state index in [0.717, 1.165) is 5.39 Å². The molecular formula is C10H13N5O. The van der Waals surface area contributed by atoms with E-state index in [-0.39, 0.29) is 0 Å². The van der Waals surface area contributed by atoms with E-state index in [1.807, 2.05) is 6.07 Å². The van der Waals surface area contributed by atoms with Crippen molar-refractivity contribution in [2.45, 2.75) is 0 Å². The highest BCUT2D eigenvalue weighted by Gasteiger charge is 2.12. The molecule has 2 rings (SSSR count). The number of carbonyl (C=O) groups is 1. The molecule has 2 heterocycles. The van der Waals surface area contributed by atoms with Crippen molar-refractivity contribution < 1.29 is 4.79 Å². The third-order valence-electron chi connectivity index (χ3n) is 2.30. The molecule has 0 radical (unpaired) electrons. The average Bonchev–Trinajstić information content (AvgIpc) is 2.73. The summed E-state index contributed by atoms with van der Waals surface area (Å²) in [6.07, 6.45) is 3.22. The summed E-state index contributed by atoms with van der Waals surface area (Å²) in [7, 11) is 0. The number of aromatic nitrogens is 2. The van der Waals surface area contributed by atoms with Crippen LogP contribution in [0.2, 0.25) is 0 Å². The lowest BCUT2D eigenvalue weighted by atomic mass is 10.1. The fraction of sp³-hybridized carbons (Fsp3) is 0.200. The van der Waals surface area contributed by atoms with Crippen LogP contribution >= 0.6 is 0 Å². The van der Waals surface area contributed by atoms with E-state index < -0.39 is 5.91 Å². The smallest absolute Gasteiger partial charge is 0.252 e. The van der Waals surface area contributed by atoms with Crippen molar-refractivity contribution in [3.05, 3.63) is 24.0 Å². The van der Waals surface area contributed by atoms with E-state index in [2.05, 4.69) is 15.3 Å². The minimum atomic E-state index is -0.505. The Morgan fingerprint density at radius 1 is 1.56 bits per heavy atom. The van der Waals surface area contributed by atoms with Crippen molar-refractivity contribution in [3.8, 4) is 0 Å². The van der Waals surface area contributed by atoms with Crippen LogP contribution in [0, 0.1) is 0 Å². The molecule has 0 aliphatic carbocycles. The van der Waals surface area contributed by atoms with Gasteiger partial charge < -0.3 is 21.8 Å². The summed E-state index contributed by atoms with van der Waals surface area (Å²) in [5.41, 5.74) is 12.5. The summed E-state index contributed by atoms with van der Waals surface area (Å²) in [6, 6.07) is 1.84. The number of carbonyl (C=O) groups excluding carboxylic acids is 1. The molecular weight excluding hydrogens is 206 g/mol. The van der Waals surface area contributed by atoms with Crippen molar-refractivity contribution in [1.82, 2.24) is 9.97 Å². The third-order valence-corrected chi connectivity index (χ3v) is 2.30. The fourth-order valence-corrected chi connectivity index (χ4v) is 1.58. The second-order valence-electron chi connectivity index (χ2n) is 3.37. The number of fused-ring (bicyclic) bond motifs is 1. The van der Waals surface area contributed by atoms with Crippen molar-refractivity contribution in [2.24, 2.45) is 11.5 Å². The van der Waals surface area contributed by atoms with Gasteiger partial charge in [0.25, 0.3) is 5.91 Å². The lowest BCUT2D eigenvalue weighted by Gasteiger charge is -2.09. The van der Waals surface area contributed by atoms with E-state index in [9.17, 15) is 4.79 Å². The molecule has 0 spiro atoms. The van der Waals surface area contributed by atoms with Gasteiger partial charge in [-0.1, -0.05) is 0 Å². The number of anilines is 1. The monoisotopic (exact) mass is 219 g/mol. The Hall–Kier alpha value is -2.08. The minimum absolute atomic E-state index is 0.376. The Morgan fingerprint density at radius 2 is 2.38 bits per heavy atom. The molecule has 1 amide bonds. The first-order valence-corrected chi connectivity index (χ1v) is 4.94. The van der Waals surface area contributed by atoms with Gasteiger partial charge in [0.1, 0.15) is 5.65 Å². The molecule has 2 aromatic heterocycles. The minimum Gasteiger partial charge on any atom is -0.382 e. The van der Waals surface area contributed by atoms with E-state index in [0.29, 0.717) is 30.0 Å². The van der Waals surface area contributed by atoms with Gasteiger partial charge >= 0.3 is 0 Å². The van der Waals surface area contributed by atoms with Crippen LogP contribution in [-0.2, 0) is 0 Å². The molecule has 0 aliphatic heterocycles. The molecule has 6 heteroatoms. The summed E-state index contributed by atoms with van der Waals surface area (Å²) in [6.45, 7) is 1.05. The van der Waals surface area contributed by atoms with Gasteiger partial charge in [-0.3, -0.25) is 4.79 Å². The van der Waals surface area contributed by atoms with E-state index in [4.69, 9.17) is 11.5 Å². The highest BCUT2D eigenvalue weighted by Crippen LogP contribution is 2.24. The van der Waals surface area contributed by atoms with Crippen LogP contribution in [0.15, 0.2) is 18.5 Å². The zero-order valence-electron chi connectivity index (χ0n) is 8.66. The molecule has 0 bridgehead atoms. The Bertz CT molecular complexity index is 519. The molecule has 16 heavy (non-hydrogen) atoms. The quantitative estimate of drug-likeness (QED) is 0.581. The maximum Gasteiger partial charge on any atom is 0.252 e. The average molecular weight is 219 g/mol. The molecule has 0 saturated heterocycles. The highest BCUT2D eigenvalue weighted by atomic mass is 16.1. The first-order valence-electron chi connectivity index (χ1n) is 4.94. The molecule has 0 unspecified atom stereocenters. The fourth-order valence-electron chi connectivity index (χ4n) is 1.58. The topological polar surface area (TPSA) is 110 Å². The largest absolute Gasteiger partial charge is 0.382 e. The van der Waals surface area contributed by atoms with E-state index in [1.54, 1.807) is 6.20 Å². The maximum absolute atomic E-state index is 11.3. The Morgan fingerprint density at radius 3 is 3.06 bits per heavy atom. The first-order chi connectivity index (χ1) is 7.74. The van der Waals surface area contributed by atoms with E-state index in [1.165, 1.54) is 6.20 Å². The second-order valence-corrected chi connectivity index (χ2v) is 3.37. The number of amides is 1. The molecule has 6 N–H and O–H groups in total. The van der Waals surface area contributed by atoms with Gasteiger partial charge in [0.05, 0.1) is 11.3 Å². The Balaban J connectivity index is 2.56. The van der Waals surface area contributed by atoms with E-state index >= 15 is 0 Å². The predicted molar refractivity (Wildman–Crippen MR) is 62.2 cm³/mol. The number of primary amides is 1. The number of H-pyrrole nitrogens is 1. The normalized spacial score (nSPS) is 10.6. The number of pyridine rings is 1. The zero-order valence-corrected chi connectivity index (χ0v) is 8.66. The van der Waals surface area contributed by atoms with Crippen LogP contribution in [0.4, 0.5) is 5.69 Å². The number of nitrogens with zero attached hydrogens (tertiary/aromatic N) is 1. The van der Waals surface area contributed by atoms with Gasteiger partial charge in [-0.15, -0.1) is 0 Å². The van der Waals surface area contributed by atoms with Crippen LogP contribution in [0.25, 0.3) is 11.0 Å². The summed E-state index contributed by atoms with van der Waals surface area (Å²) >= 11 is 0. The molecule has 0 atom stereocenters. The molecule has 84 valence electrons. The van der Waals surface area contributed by atoms with Gasteiger partial charge in [0, 0.05) is 30.9 Å². The standard InChI is InChI=1S/C10H13N5O/c11-2-4-13-8-6-1-3-14-10(6)15-5-7(8)9(12)16/h1,3,5H,2,4,11H2,(H2,12,16)(H2,13,14,15). The zero-order chi connectivity index (χ0) is 11.5. The predicted octanol–water partition coefficient (Wildman–Crippen LogP) is 0.0324. The van der Waals surface area contributed by atoms with Crippen LogP contribution in [0.5, 0.6) is 0 Å². The van der Waals surface area contributed by atoms with Gasteiger partial charge in [-0.05, 0) is 6.07 Å². The summed E-state index contributed by atoms with van der Waals surface area (Å²) in [5, 5.41) is 3.93. The summed E-state index contributed by atoms with van der Waals surface area (Å²) in [5.74, 6) is -0.505. The third kappa shape index (κ3) is 1.70. The Labute approximate surface area is 92.0 Å². The number of nitrogens with two attached hydrogens (primary N) is 2. The molecule has 2 aromatic rings. The lowest BCUT2D eigenvalue weighted by Crippen LogP contribution is -2.18. The van der Waals surface area contributed by atoms with Crippen molar-refractivity contribution in [2.75, 3.05) is 18.4 Å². The van der Waals surface area contributed by atoms with Crippen LogP contribution in [0.3, 0.4) is 0 Å². The first kappa shape index (κ1) is 10.4.